The van der Waals surface area contributed by atoms with Crippen molar-refractivity contribution < 1.29 is 76.8 Å². The molecular formula is C53H81N3O16. The first-order valence-electron chi connectivity index (χ1n) is 25.6. The molecule has 3 fully saturated rings. The monoisotopic (exact) mass is 1020 g/mol. The van der Waals surface area contributed by atoms with Gasteiger partial charge in [0.15, 0.2) is 12.6 Å². The molecule has 0 saturated carbocycles. The van der Waals surface area contributed by atoms with E-state index in [0.717, 1.165) is 30.0 Å². The van der Waals surface area contributed by atoms with Gasteiger partial charge in [0.25, 0.3) is 0 Å². The smallest absolute Gasteiger partial charge is 0.315 e. The van der Waals surface area contributed by atoms with E-state index in [1.54, 1.807) is 60.5 Å². The lowest BCUT2D eigenvalue weighted by molar-refractivity contribution is -0.341. The summed E-state index contributed by atoms with van der Waals surface area (Å²) in [7, 11) is 4.88. The van der Waals surface area contributed by atoms with Crippen molar-refractivity contribution in [2.24, 2.45) is 17.8 Å². The molecular weight excluding hydrogens is 935 g/mol. The van der Waals surface area contributed by atoms with Crippen LogP contribution < -0.4 is 0 Å². The summed E-state index contributed by atoms with van der Waals surface area (Å²) in [5.41, 5.74) is 0.728. The molecule has 1 aromatic carbocycles. The van der Waals surface area contributed by atoms with Gasteiger partial charge in [-0.05, 0) is 110 Å². The third-order valence-electron chi connectivity index (χ3n) is 14.3. The van der Waals surface area contributed by atoms with Crippen LogP contribution in [-0.4, -0.2) is 182 Å². The zero-order valence-corrected chi connectivity index (χ0v) is 44.1. The second kappa shape index (κ2) is 27.4. The summed E-state index contributed by atoms with van der Waals surface area (Å²) in [5.74, 6) is -4.53. The summed E-state index contributed by atoms with van der Waals surface area (Å²) >= 11 is 0. The standard InChI is InChI=1S/C53H81N3O16/c1-12-42(60)69-41-28-43(61)66-32(4)21-25-56(24-16-17-36-20-23-54-39-19-15-14-18-38(36)39)30-40(59)31(3)27-37(22-26-57)49(50(41)64-11)71-52-47(62)46(55(9)10)48(34(6)68-52)70-44-29-53(8,72-35(7)58)45(33(5)67-44)51(63)65-13-2/h14-15,18-20,23,26,31-34,37,40-41,44-50,52,59,62H,12-13,16-17,21-22,24-25,27-30H2,1-11H3/t31-,32-,33+,34-,37+,40+,41-,44+,45-,46-,47-,48-,49+,50+,52+,53-/m1/s1. The highest BCUT2D eigenvalue weighted by Crippen LogP contribution is 2.41. The second-order valence-electron chi connectivity index (χ2n) is 20.2. The van der Waals surface area contributed by atoms with Crippen molar-refractivity contribution >= 4 is 41.1 Å². The van der Waals surface area contributed by atoms with Gasteiger partial charge in [0.1, 0.15) is 48.3 Å². The predicted octanol–water partition coefficient (Wildman–Crippen LogP) is 4.57. The Bertz CT molecular complexity index is 2070. The number of aromatic nitrogens is 1. The van der Waals surface area contributed by atoms with Crippen LogP contribution in [-0.2, 0) is 73.0 Å². The summed E-state index contributed by atoms with van der Waals surface area (Å²) in [5, 5.41) is 25.4. The van der Waals surface area contributed by atoms with Crippen LogP contribution >= 0.6 is 0 Å². The Morgan fingerprint density at radius 1 is 1.00 bits per heavy atom. The molecule has 19 nitrogen and oxygen atoms in total. The van der Waals surface area contributed by atoms with Crippen LogP contribution in [0, 0.1) is 17.8 Å². The quantitative estimate of drug-likeness (QED) is 0.126. The van der Waals surface area contributed by atoms with Crippen LogP contribution in [0.25, 0.3) is 10.9 Å². The maximum atomic E-state index is 13.8. The van der Waals surface area contributed by atoms with Crippen molar-refractivity contribution in [2.45, 2.75) is 186 Å². The maximum absolute atomic E-state index is 13.8. The molecule has 0 spiro atoms. The number of likely N-dealkylation sites (N-methyl/N-ethyl adjacent to an activating group) is 1. The highest BCUT2D eigenvalue weighted by Gasteiger charge is 2.55. The SMILES string of the molecule is CCOC(=O)[C@H]1[C@H](C)O[C@@H](O[C@H]2[C@H](N(C)C)[C@@H](O)[C@H](O[C@H]3[C@@H](CC=O)C[C@@H](C)[C@@H](O)CN(CCCc4ccnc5ccccc45)CC[C@@H](C)OC(=O)C[C@@H](OC(=O)CC)[C@@H]3OC)O[C@@H]2C)C[C@@]1(C)OC(C)=O. The number of carbonyl (C=O) groups excluding carboxylic acids is 5. The van der Waals surface area contributed by atoms with E-state index in [4.69, 9.17) is 42.6 Å². The average Bonchev–Trinajstić information content (AvgIpc) is 3.31. The molecule has 2 aromatic rings. The Balaban J connectivity index is 1.44. The zero-order chi connectivity index (χ0) is 52.9. The number of pyridine rings is 1. The van der Waals surface area contributed by atoms with Gasteiger partial charge in [-0.2, -0.15) is 0 Å². The van der Waals surface area contributed by atoms with E-state index >= 15 is 0 Å². The Hall–Kier alpha value is -4.18. The number of hydrogen-bond acceptors (Lipinski definition) is 19. The maximum Gasteiger partial charge on any atom is 0.315 e. The fourth-order valence-electron chi connectivity index (χ4n) is 10.8. The van der Waals surface area contributed by atoms with Crippen LogP contribution in [0.1, 0.15) is 106 Å². The number of β-amino-alcohol motifs (C(OH)–C–C–N with tert-alkyl or cyclic N) is 1. The van der Waals surface area contributed by atoms with Crippen molar-refractivity contribution in [3.63, 3.8) is 0 Å². The highest BCUT2D eigenvalue weighted by molar-refractivity contribution is 5.81. The van der Waals surface area contributed by atoms with E-state index in [2.05, 4.69) is 16.0 Å². The van der Waals surface area contributed by atoms with Crippen LogP contribution in [0.2, 0.25) is 0 Å². The molecule has 0 radical (unpaired) electrons. The fraction of sp³-hybridized carbons (Fsp3) is 0.736. The summed E-state index contributed by atoms with van der Waals surface area (Å²) < 4.78 is 55.4. The third kappa shape index (κ3) is 15.4. The van der Waals surface area contributed by atoms with E-state index in [9.17, 15) is 34.2 Å². The number of rotatable bonds is 17. The number of cyclic esters (lactones) is 1. The van der Waals surface area contributed by atoms with Gasteiger partial charge in [-0.25, -0.2) is 0 Å². The van der Waals surface area contributed by atoms with Gasteiger partial charge in [-0.3, -0.25) is 24.2 Å². The zero-order valence-electron chi connectivity index (χ0n) is 44.1. The van der Waals surface area contributed by atoms with Crippen molar-refractivity contribution in [3.05, 3.63) is 42.1 Å². The topological polar surface area (TPSA) is 228 Å². The highest BCUT2D eigenvalue weighted by atomic mass is 16.7. The van der Waals surface area contributed by atoms with Gasteiger partial charge in [0, 0.05) is 58.0 Å². The van der Waals surface area contributed by atoms with Gasteiger partial charge >= 0.3 is 23.9 Å². The van der Waals surface area contributed by atoms with E-state index in [0.29, 0.717) is 26.1 Å². The van der Waals surface area contributed by atoms with Gasteiger partial charge in [0.2, 0.25) is 0 Å². The lowest BCUT2D eigenvalue weighted by atomic mass is 9.79. The van der Waals surface area contributed by atoms with Gasteiger partial charge in [-0.15, -0.1) is 0 Å². The molecule has 0 unspecified atom stereocenters. The minimum atomic E-state index is -1.44. The number of methoxy groups -OCH3 is 1. The van der Waals surface area contributed by atoms with Crippen LogP contribution in [0.5, 0.6) is 0 Å². The van der Waals surface area contributed by atoms with Crippen LogP contribution in [0.3, 0.4) is 0 Å². The lowest BCUT2D eigenvalue weighted by Crippen LogP contribution is -2.66. The number of nitrogens with zero attached hydrogens (tertiary/aromatic N) is 3. The molecule has 0 amide bonds. The molecule has 3 saturated heterocycles. The summed E-state index contributed by atoms with van der Waals surface area (Å²) in [4.78, 5) is 73.6. The fourth-order valence-corrected chi connectivity index (χ4v) is 10.8. The number of benzene rings is 1. The Morgan fingerprint density at radius 3 is 2.40 bits per heavy atom. The predicted molar refractivity (Wildman–Crippen MR) is 263 cm³/mol. The van der Waals surface area contributed by atoms with Crippen molar-refractivity contribution in [2.75, 3.05) is 47.4 Å². The van der Waals surface area contributed by atoms with Gasteiger partial charge in [-0.1, -0.05) is 32.0 Å². The molecule has 404 valence electrons. The molecule has 16 atom stereocenters. The number of aldehydes is 1. The van der Waals surface area contributed by atoms with Crippen molar-refractivity contribution in [1.82, 2.24) is 14.8 Å². The number of carbonyl (C=O) groups is 5. The molecule has 19 heteroatoms. The molecule has 1 aromatic heterocycles. The number of aliphatic hydroxyl groups excluding tert-OH is 2. The van der Waals surface area contributed by atoms with Crippen LogP contribution in [0.15, 0.2) is 36.5 Å². The first-order chi connectivity index (χ1) is 34.2. The number of aliphatic hydroxyl groups is 2. The number of fused-ring (bicyclic) bond motifs is 1. The van der Waals surface area contributed by atoms with Crippen molar-refractivity contribution in [3.8, 4) is 0 Å². The van der Waals surface area contributed by atoms with E-state index in [1.165, 1.54) is 19.6 Å². The molecule has 3 aliphatic heterocycles. The molecule has 4 heterocycles. The first kappa shape index (κ1) is 58.7. The van der Waals surface area contributed by atoms with E-state index < -0.39 is 127 Å². The van der Waals surface area contributed by atoms with Gasteiger partial charge < -0.3 is 67.4 Å². The first-order valence-corrected chi connectivity index (χ1v) is 25.6. The minimum absolute atomic E-state index is 0.0149. The molecule has 5 rings (SSSR count). The molecule has 3 aliphatic rings. The number of para-hydroxylation sites is 1. The molecule has 72 heavy (non-hydrogen) atoms. The normalized spacial score (nSPS) is 34.6. The largest absolute Gasteiger partial charge is 0.466 e. The Morgan fingerprint density at radius 2 is 1.74 bits per heavy atom. The van der Waals surface area contributed by atoms with Crippen molar-refractivity contribution in [1.29, 1.82) is 0 Å². The second-order valence-corrected chi connectivity index (χ2v) is 20.2. The summed E-state index contributed by atoms with van der Waals surface area (Å²) in [6, 6.07) is 9.21. The van der Waals surface area contributed by atoms with Gasteiger partial charge in [0.05, 0.1) is 49.0 Å². The minimum Gasteiger partial charge on any atom is -0.466 e. The number of hydrogen-bond donors (Lipinski definition) is 2. The number of ether oxygens (including phenoxy) is 9. The summed E-state index contributed by atoms with van der Waals surface area (Å²) in [6.45, 7) is 14.9. The Kier molecular flexibility index (Phi) is 22.3. The Labute approximate surface area is 424 Å². The molecule has 2 N–H and O–H groups in total. The van der Waals surface area contributed by atoms with E-state index in [-0.39, 0.29) is 32.3 Å². The molecule has 0 aliphatic carbocycles. The number of aryl methyl sites for hydroxylation is 1. The average molecular weight is 1020 g/mol. The van der Waals surface area contributed by atoms with Crippen LogP contribution in [0.4, 0.5) is 0 Å². The van der Waals surface area contributed by atoms with E-state index in [1.807, 2.05) is 37.4 Å². The third-order valence-corrected chi connectivity index (χ3v) is 14.3. The molecule has 0 bridgehead atoms. The lowest BCUT2D eigenvalue weighted by Gasteiger charge is -2.50. The number of esters is 4. The summed E-state index contributed by atoms with van der Waals surface area (Å²) in [6.07, 6.45) is -7.17.